The average molecular weight is 495 g/mol. The minimum atomic E-state index is -0.670. The molecule has 2 aromatic rings. The molecule has 156 valence electrons. The van der Waals surface area contributed by atoms with Crippen LogP contribution in [-0.4, -0.2) is 40.2 Å². The first-order valence-corrected chi connectivity index (χ1v) is 10.4. The molecule has 1 heterocycles. The number of rotatable bonds is 6. The van der Waals surface area contributed by atoms with Crippen LogP contribution >= 0.6 is 27.7 Å². The highest BCUT2D eigenvalue weighted by Crippen LogP contribution is 2.38. The van der Waals surface area contributed by atoms with E-state index in [9.17, 15) is 23.9 Å². The molecule has 1 saturated heterocycles. The van der Waals surface area contributed by atoms with Gasteiger partial charge in [0, 0.05) is 15.7 Å². The molecule has 0 saturated carbocycles. The first kappa shape index (κ1) is 21.8. The van der Waals surface area contributed by atoms with Gasteiger partial charge in [-0.15, -0.1) is 0 Å². The van der Waals surface area contributed by atoms with E-state index in [1.807, 2.05) is 0 Å². The van der Waals surface area contributed by atoms with E-state index in [0.717, 1.165) is 11.0 Å². The summed E-state index contributed by atoms with van der Waals surface area (Å²) in [7, 11) is 0. The van der Waals surface area contributed by atoms with Crippen LogP contribution in [0.5, 0.6) is 11.5 Å². The Morgan fingerprint density at radius 2 is 2.10 bits per heavy atom. The number of benzene rings is 2. The molecule has 3 amide bonds. The summed E-state index contributed by atoms with van der Waals surface area (Å²) in [5, 5.41) is 12.2. The third kappa shape index (κ3) is 5.00. The quantitative estimate of drug-likeness (QED) is 0.578. The number of nitrogens with one attached hydrogen (secondary N) is 1. The number of carbonyl (C=O) groups excluding carboxylic acids is 3. The number of carbonyl (C=O) groups is 3. The monoisotopic (exact) mass is 494 g/mol. The molecule has 0 atom stereocenters. The molecule has 7 nitrogen and oxygen atoms in total. The molecule has 1 aliphatic heterocycles. The van der Waals surface area contributed by atoms with Gasteiger partial charge < -0.3 is 15.2 Å². The molecular weight excluding hydrogens is 479 g/mol. The number of halogens is 2. The maximum absolute atomic E-state index is 13.2. The Hall–Kier alpha value is -2.85. The summed E-state index contributed by atoms with van der Waals surface area (Å²) in [4.78, 5) is 37.9. The van der Waals surface area contributed by atoms with Crippen LogP contribution in [0.15, 0.2) is 45.8 Å². The van der Waals surface area contributed by atoms with Crippen LogP contribution in [0.4, 0.5) is 14.9 Å². The van der Waals surface area contributed by atoms with Crippen LogP contribution in [0, 0.1) is 5.82 Å². The Morgan fingerprint density at radius 3 is 2.80 bits per heavy atom. The third-order valence-corrected chi connectivity index (χ3v) is 5.30. The predicted octanol–water partition coefficient (Wildman–Crippen LogP) is 4.37. The molecule has 1 aliphatic rings. The van der Waals surface area contributed by atoms with Gasteiger partial charge >= 0.3 is 0 Å². The van der Waals surface area contributed by atoms with Crippen molar-refractivity contribution in [2.24, 2.45) is 0 Å². The van der Waals surface area contributed by atoms with E-state index in [0.29, 0.717) is 22.8 Å². The van der Waals surface area contributed by atoms with Gasteiger partial charge in [0.15, 0.2) is 11.5 Å². The highest BCUT2D eigenvalue weighted by Gasteiger charge is 2.36. The van der Waals surface area contributed by atoms with Gasteiger partial charge in [-0.3, -0.25) is 19.3 Å². The lowest BCUT2D eigenvalue weighted by Crippen LogP contribution is -2.36. The van der Waals surface area contributed by atoms with Crippen LogP contribution in [-0.2, 0) is 9.59 Å². The standard InChI is InChI=1S/C20H16BrFN2O5S/c1-2-29-15-8-12(21)6-11(18(15)26)7-16-19(27)24(20(28)30-16)10-17(25)23-14-5-3-4-13(22)9-14/h3-9,26H,2,10H2,1H3,(H,23,25)/b16-7+. The Bertz CT molecular complexity index is 1060. The lowest BCUT2D eigenvalue weighted by atomic mass is 10.1. The van der Waals surface area contributed by atoms with Crippen LogP contribution in [0.1, 0.15) is 12.5 Å². The van der Waals surface area contributed by atoms with Crippen molar-refractivity contribution in [3.05, 3.63) is 57.2 Å². The van der Waals surface area contributed by atoms with Crippen molar-refractivity contribution in [2.45, 2.75) is 6.92 Å². The zero-order chi connectivity index (χ0) is 21.8. The number of phenolic OH excluding ortho intramolecular Hbond substituents is 1. The number of anilines is 1. The second-order valence-corrected chi connectivity index (χ2v) is 8.01. The van der Waals surface area contributed by atoms with Crippen molar-refractivity contribution in [3.63, 3.8) is 0 Å². The van der Waals surface area contributed by atoms with Crippen molar-refractivity contribution >= 4 is 56.5 Å². The number of hydrogen-bond acceptors (Lipinski definition) is 6. The van der Waals surface area contributed by atoms with Crippen molar-refractivity contribution in [3.8, 4) is 11.5 Å². The van der Waals surface area contributed by atoms with Crippen LogP contribution in [0.3, 0.4) is 0 Å². The summed E-state index contributed by atoms with van der Waals surface area (Å²) in [5.74, 6) is -1.78. The molecule has 0 radical (unpaired) electrons. The molecule has 10 heteroatoms. The molecule has 0 aliphatic carbocycles. The zero-order valence-corrected chi connectivity index (χ0v) is 18.0. The van der Waals surface area contributed by atoms with E-state index in [1.165, 1.54) is 24.3 Å². The summed E-state index contributed by atoms with van der Waals surface area (Å²) in [6.07, 6.45) is 1.36. The van der Waals surface area contributed by atoms with Crippen LogP contribution < -0.4 is 10.1 Å². The first-order valence-electron chi connectivity index (χ1n) is 8.74. The van der Waals surface area contributed by atoms with Gasteiger partial charge in [-0.2, -0.15) is 0 Å². The Balaban J connectivity index is 1.77. The van der Waals surface area contributed by atoms with Gasteiger partial charge in [-0.25, -0.2) is 4.39 Å². The molecule has 2 aromatic carbocycles. The smallest absolute Gasteiger partial charge is 0.294 e. The second-order valence-electron chi connectivity index (χ2n) is 6.10. The van der Waals surface area contributed by atoms with Gasteiger partial charge in [-0.05, 0) is 55.1 Å². The number of amides is 3. The van der Waals surface area contributed by atoms with E-state index in [1.54, 1.807) is 19.1 Å². The van der Waals surface area contributed by atoms with Crippen molar-refractivity contribution in [1.29, 1.82) is 0 Å². The fourth-order valence-corrected chi connectivity index (χ4v) is 3.94. The van der Waals surface area contributed by atoms with Gasteiger partial charge in [-0.1, -0.05) is 22.0 Å². The van der Waals surface area contributed by atoms with E-state index in [2.05, 4.69) is 21.2 Å². The van der Waals surface area contributed by atoms with E-state index < -0.39 is 29.4 Å². The number of thioether (sulfide) groups is 1. The fourth-order valence-electron chi connectivity index (χ4n) is 2.66. The SMILES string of the molecule is CCOc1cc(Br)cc(/C=C2/SC(=O)N(CC(=O)Nc3cccc(F)c3)C2=O)c1O. The molecule has 0 bridgehead atoms. The van der Waals surface area contributed by atoms with Crippen LogP contribution in [0.2, 0.25) is 0 Å². The van der Waals surface area contributed by atoms with Gasteiger partial charge in [0.1, 0.15) is 12.4 Å². The Morgan fingerprint density at radius 1 is 1.33 bits per heavy atom. The number of ether oxygens (including phenoxy) is 1. The Labute approximate surface area is 184 Å². The largest absolute Gasteiger partial charge is 0.504 e. The molecular formula is C20H16BrFN2O5S. The van der Waals surface area contributed by atoms with Gasteiger partial charge in [0.05, 0.1) is 11.5 Å². The molecule has 0 unspecified atom stereocenters. The summed E-state index contributed by atoms with van der Waals surface area (Å²) in [5.41, 5.74) is 0.493. The lowest BCUT2D eigenvalue weighted by molar-refractivity contribution is -0.127. The number of hydrogen-bond donors (Lipinski definition) is 2. The molecule has 0 aromatic heterocycles. The van der Waals surface area contributed by atoms with Crippen molar-refractivity contribution in [2.75, 3.05) is 18.5 Å². The number of phenols is 1. The highest BCUT2D eigenvalue weighted by molar-refractivity contribution is 9.10. The van der Waals surface area contributed by atoms with Crippen molar-refractivity contribution in [1.82, 2.24) is 4.90 Å². The predicted molar refractivity (Wildman–Crippen MR) is 115 cm³/mol. The number of nitrogens with zero attached hydrogens (tertiary/aromatic N) is 1. The topological polar surface area (TPSA) is 95.9 Å². The lowest BCUT2D eigenvalue weighted by Gasteiger charge is -2.12. The molecule has 0 spiro atoms. The van der Waals surface area contributed by atoms with Crippen molar-refractivity contribution < 1.29 is 28.6 Å². The van der Waals surface area contributed by atoms with Gasteiger partial charge in [0.2, 0.25) is 5.91 Å². The maximum atomic E-state index is 13.2. The Kier molecular flexibility index (Phi) is 6.78. The van der Waals surface area contributed by atoms with Crippen LogP contribution in [0.25, 0.3) is 6.08 Å². The molecule has 30 heavy (non-hydrogen) atoms. The fraction of sp³-hybridized carbons (Fsp3) is 0.150. The summed E-state index contributed by atoms with van der Waals surface area (Å²) in [6, 6.07) is 8.42. The minimum Gasteiger partial charge on any atom is -0.504 e. The summed E-state index contributed by atoms with van der Waals surface area (Å²) in [6.45, 7) is 1.58. The summed E-state index contributed by atoms with van der Waals surface area (Å²) >= 11 is 3.96. The first-order chi connectivity index (χ1) is 14.3. The number of imide groups is 1. The van der Waals surface area contributed by atoms with E-state index in [-0.39, 0.29) is 27.7 Å². The second kappa shape index (κ2) is 9.31. The van der Waals surface area contributed by atoms with Gasteiger partial charge in [0.25, 0.3) is 11.1 Å². The summed E-state index contributed by atoms with van der Waals surface area (Å²) < 4.78 is 19.2. The minimum absolute atomic E-state index is 0.0504. The average Bonchev–Trinajstić information content (AvgIpc) is 2.93. The normalized spacial score (nSPS) is 15.0. The highest BCUT2D eigenvalue weighted by atomic mass is 79.9. The van der Waals surface area contributed by atoms with E-state index >= 15 is 0 Å². The third-order valence-electron chi connectivity index (χ3n) is 3.94. The molecule has 3 rings (SSSR count). The van der Waals surface area contributed by atoms with E-state index in [4.69, 9.17) is 4.74 Å². The maximum Gasteiger partial charge on any atom is 0.294 e. The number of aromatic hydroxyl groups is 1. The molecule has 2 N–H and O–H groups in total. The zero-order valence-electron chi connectivity index (χ0n) is 15.6. The molecule has 1 fully saturated rings.